The van der Waals surface area contributed by atoms with E-state index in [-0.39, 0.29) is 0 Å². The van der Waals surface area contributed by atoms with Crippen LogP contribution >= 0.6 is 0 Å². The van der Waals surface area contributed by atoms with Crippen molar-refractivity contribution in [1.29, 1.82) is 0 Å². The highest BCUT2D eigenvalue weighted by Gasteiger charge is 2.29. The molecule has 1 saturated heterocycles. The van der Waals surface area contributed by atoms with Crippen molar-refractivity contribution in [1.82, 2.24) is 5.32 Å². The molecule has 3 atom stereocenters. The highest BCUT2D eigenvalue weighted by atomic mass is 16.5. The van der Waals surface area contributed by atoms with Gasteiger partial charge < -0.3 is 14.8 Å². The zero-order chi connectivity index (χ0) is 11.8. The van der Waals surface area contributed by atoms with Gasteiger partial charge in [-0.3, -0.25) is 0 Å². The molecule has 1 heterocycles. The van der Waals surface area contributed by atoms with Crippen LogP contribution in [0.2, 0.25) is 0 Å². The first-order chi connectivity index (χ1) is 7.77. The van der Waals surface area contributed by atoms with Crippen molar-refractivity contribution in [2.24, 2.45) is 0 Å². The molecule has 16 heavy (non-hydrogen) atoms. The standard InChI is InChI=1S/C13H27NO2/c1-4-8-14-12(10-15-9-5-2)13-7-6-11(3)16-13/h11-14H,4-10H2,1-3H3. The van der Waals surface area contributed by atoms with Crippen LogP contribution in [0.5, 0.6) is 0 Å². The Kier molecular flexibility index (Phi) is 7.01. The van der Waals surface area contributed by atoms with Crippen LogP contribution < -0.4 is 5.32 Å². The molecule has 0 aromatic rings. The third kappa shape index (κ3) is 4.81. The van der Waals surface area contributed by atoms with Crippen LogP contribution in [0.15, 0.2) is 0 Å². The van der Waals surface area contributed by atoms with Gasteiger partial charge in [0.2, 0.25) is 0 Å². The zero-order valence-electron chi connectivity index (χ0n) is 11.0. The topological polar surface area (TPSA) is 30.5 Å². The molecule has 0 aromatic heterocycles. The second-order valence-electron chi connectivity index (χ2n) is 4.70. The van der Waals surface area contributed by atoms with Gasteiger partial charge in [0.05, 0.1) is 24.9 Å². The normalized spacial score (nSPS) is 27.2. The van der Waals surface area contributed by atoms with Crippen LogP contribution in [0.1, 0.15) is 46.5 Å². The van der Waals surface area contributed by atoms with Crippen LogP contribution in [0.4, 0.5) is 0 Å². The van der Waals surface area contributed by atoms with Crippen molar-refractivity contribution < 1.29 is 9.47 Å². The largest absolute Gasteiger partial charge is 0.380 e. The highest BCUT2D eigenvalue weighted by molar-refractivity contribution is 4.82. The van der Waals surface area contributed by atoms with Gasteiger partial charge in [-0.15, -0.1) is 0 Å². The predicted octanol–water partition coefficient (Wildman–Crippen LogP) is 2.35. The first kappa shape index (κ1) is 13.9. The maximum atomic E-state index is 5.91. The van der Waals surface area contributed by atoms with Gasteiger partial charge in [-0.25, -0.2) is 0 Å². The summed E-state index contributed by atoms with van der Waals surface area (Å²) in [6.45, 7) is 9.17. The third-order valence-electron chi connectivity index (χ3n) is 3.02. The Morgan fingerprint density at radius 3 is 2.69 bits per heavy atom. The summed E-state index contributed by atoms with van der Waals surface area (Å²) >= 11 is 0. The average molecular weight is 229 g/mol. The molecular formula is C13H27NO2. The SMILES string of the molecule is CCCNC(COCCC)C1CCC(C)O1. The van der Waals surface area contributed by atoms with Crippen molar-refractivity contribution in [2.75, 3.05) is 19.8 Å². The van der Waals surface area contributed by atoms with Crippen molar-refractivity contribution in [3.05, 3.63) is 0 Å². The fraction of sp³-hybridized carbons (Fsp3) is 1.00. The fourth-order valence-corrected chi connectivity index (χ4v) is 2.11. The Labute approximate surface area is 99.9 Å². The van der Waals surface area contributed by atoms with Crippen molar-refractivity contribution in [3.63, 3.8) is 0 Å². The Morgan fingerprint density at radius 2 is 2.12 bits per heavy atom. The fourth-order valence-electron chi connectivity index (χ4n) is 2.11. The predicted molar refractivity (Wildman–Crippen MR) is 66.8 cm³/mol. The lowest BCUT2D eigenvalue weighted by molar-refractivity contribution is 0.00188. The average Bonchev–Trinajstić information content (AvgIpc) is 2.70. The molecule has 0 radical (unpaired) electrons. The van der Waals surface area contributed by atoms with Crippen LogP contribution in [0.25, 0.3) is 0 Å². The molecule has 1 fully saturated rings. The first-order valence-electron chi connectivity index (χ1n) is 6.74. The van der Waals surface area contributed by atoms with Gasteiger partial charge >= 0.3 is 0 Å². The van der Waals surface area contributed by atoms with Crippen LogP contribution in [0, 0.1) is 0 Å². The smallest absolute Gasteiger partial charge is 0.0755 e. The molecule has 0 aliphatic carbocycles. The van der Waals surface area contributed by atoms with Crippen LogP contribution in [-0.4, -0.2) is 38.0 Å². The number of ether oxygens (including phenoxy) is 2. The van der Waals surface area contributed by atoms with Gasteiger partial charge in [-0.1, -0.05) is 13.8 Å². The summed E-state index contributed by atoms with van der Waals surface area (Å²) in [6.07, 6.45) is 5.36. The molecule has 1 aliphatic heterocycles. The minimum atomic E-state index is 0.346. The molecular weight excluding hydrogens is 202 g/mol. The van der Waals surface area contributed by atoms with Crippen LogP contribution in [-0.2, 0) is 9.47 Å². The van der Waals surface area contributed by atoms with Gasteiger partial charge in [-0.2, -0.15) is 0 Å². The van der Waals surface area contributed by atoms with E-state index >= 15 is 0 Å². The van der Waals surface area contributed by atoms with E-state index in [0.29, 0.717) is 18.2 Å². The third-order valence-corrected chi connectivity index (χ3v) is 3.02. The van der Waals surface area contributed by atoms with Gasteiger partial charge in [0.25, 0.3) is 0 Å². The highest BCUT2D eigenvalue weighted by Crippen LogP contribution is 2.22. The summed E-state index contributed by atoms with van der Waals surface area (Å²) in [4.78, 5) is 0. The van der Waals surface area contributed by atoms with E-state index in [1.54, 1.807) is 0 Å². The van der Waals surface area contributed by atoms with Gasteiger partial charge in [0, 0.05) is 6.61 Å². The molecule has 0 bridgehead atoms. The first-order valence-corrected chi connectivity index (χ1v) is 6.74. The maximum absolute atomic E-state index is 5.91. The number of rotatable bonds is 8. The second-order valence-corrected chi connectivity index (χ2v) is 4.70. The monoisotopic (exact) mass is 229 g/mol. The zero-order valence-corrected chi connectivity index (χ0v) is 11.0. The molecule has 3 heteroatoms. The molecule has 3 unspecified atom stereocenters. The summed E-state index contributed by atoms with van der Waals surface area (Å²) in [5.41, 5.74) is 0. The van der Waals surface area contributed by atoms with E-state index in [0.717, 1.165) is 39.0 Å². The summed E-state index contributed by atoms with van der Waals surface area (Å²) < 4.78 is 11.6. The summed E-state index contributed by atoms with van der Waals surface area (Å²) in [6, 6.07) is 0.372. The molecule has 0 spiro atoms. The van der Waals surface area contributed by atoms with E-state index in [2.05, 4.69) is 26.1 Å². The Bertz CT molecular complexity index is 175. The quantitative estimate of drug-likeness (QED) is 0.648. The van der Waals surface area contributed by atoms with E-state index < -0.39 is 0 Å². The van der Waals surface area contributed by atoms with Gasteiger partial charge in [0.1, 0.15) is 0 Å². The molecule has 3 nitrogen and oxygen atoms in total. The molecule has 0 amide bonds. The van der Waals surface area contributed by atoms with E-state index in [4.69, 9.17) is 9.47 Å². The number of hydrogen-bond acceptors (Lipinski definition) is 3. The maximum Gasteiger partial charge on any atom is 0.0755 e. The van der Waals surface area contributed by atoms with Crippen molar-refractivity contribution >= 4 is 0 Å². The Morgan fingerprint density at radius 1 is 1.31 bits per heavy atom. The van der Waals surface area contributed by atoms with Gasteiger partial charge in [-0.05, 0) is 39.2 Å². The Hall–Kier alpha value is -0.120. The molecule has 0 saturated carbocycles. The van der Waals surface area contributed by atoms with Gasteiger partial charge in [0.15, 0.2) is 0 Å². The lowest BCUT2D eigenvalue weighted by Crippen LogP contribution is -2.43. The van der Waals surface area contributed by atoms with E-state index in [1.165, 1.54) is 6.42 Å². The second kappa shape index (κ2) is 8.04. The van der Waals surface area contributed by atoms with Crippen molar-refractivity contribution in [3.8, 4) is 0 Å². The number of hydrogen-bond donors (Lipinski definition) is 1. The van der Waals surface area contributed by atoms with E-state index in [1.807, 2.05) is 0 Å². The molecule has 1 N–H and O–H groups in total. The molecule has 1 rings (SSSR count). The number of nitrogens with one attached hydrogen (secondary N) is 1. The summed E-state index contributed by atoms with van der Waals surface area (Å²) in [5.74, 6) is 0. The summed E-state index contributed by atoms with van der Waals surface area (Å²) in [7, 11) is 0. The Balaban J connectivity index is 2.30. The molecule has 1 aliphatic rings. The molecule has 96 valence electrons. The lowest BCUT2D eigenvalue weighted by atomic mass is 10.1. The minimum Gasteiger partial charge on any atom is -0.380 e. The van der Waals surface area contributed by atoms with Crippen molar-refractivity contribution in [2.45, 2.75) is 64.7 Å². The lowest BCUT2D eigenvalue weighted by Gasteiger charge is -2.24. The van der Waals surface area contributed by atoms with E-state index in [9.17, 15) is 0 Å². The van der Waals surface area contributed by atoms with Crippen LogP contribution in [0.3, 0.4) is 0 Å². The molecule has 0 aromatic carbocycles. The summed E-state index contributed by atoms with van der Waals surface area (Å²) in [5, 5.41) is 3.54. The minimum absolute atomic E-state index is 0.346.